The van der Waals surface area contributed by atoms with Crippen molar-refractivity contribution in [2.24, 2.45) is 11.7 Å². The van der Waals surface area contributed by atoms with E-state index in [9.17, 15) is 4.79 Å². The number of ether oxygens (including phenoxy) is 1. The van der Waals surface area contributed by atoms with Crippen molar-refractivity contribution in [2.45, 2.75) is 5.60 Å². The Balaban J connectivity index is 2.23. The Hall–Kier alpha value is -2.89. The number of rotatable bonds is 3. The van der Waals surface area contributed by atoms with E-state index in [2.05, 4.69) is 9.97 Å². The molecule has 0 aliphatic carbocycles. The Kier molecular flexibility index (Phi) is 3.06. The minimum Gasteiger partial charge on any atom is -0.483 e. The van der Waals surface area contributed by atoms with Gasteiger partial charge in [0, 0.05) is 11.8 Å². The molecule has 1 aliphatic rings. The molecule has 2 heterocycles. The Morgan fingerprint density at radius 3 is 2.67 bits per heavy atom. The number of amides is 1. The molecule has 0 fully saturated rings. The third kappa shape index (κ3) is 2.01. The number of hydrogen-bond donors (Lipinski definition) is 2. The normalized spacial score (nSPS) is 23.7. The third-order valence-corrected chi connectivity index (χ3v) is 3.53. The van der Waals surface area contributed by atoms with Crippen LogP contribution in [0.1, 0.15) is 11.3 Å². The zero-order valence-corrected chi connectivity index (χ0v) is 11.1. The van der Waals surface area contributed by atoms with E-state index in [1.807, 2.05) is 30.3 Å². The van der Waals surface area contributed by atoms with Crippen molar-refractivity contribution in [3.8, 4) is 0 Å². The second kappa shape index (κ2) is 4.90. The van der Waals surface area contributed by atoms with Crippen LogP contribution < -0.4 is 11.5 Å². The van der Waals surface area contributed by atoms with Crippen LogP contribution >= 0.6 is 0 Å². The molecule has 106 valence electrons. The molecule has 1 amide bonds. The van der Waals surface area contributed by atoms with E-state index in [0.29, 0.717) is 5.69 Å². The van der Waals surface area contributed by atoms with Crippen LogP contribution in [0.15, 0.2) is 54.9 Å². The van der Waals surface area contributed by atoms with Crippen molar-refractivity contribution in [1.82, 2.24) is 9.97 Å². The summed E-state index contributed by atoms with van der Waals surface area (Å²) >= 11 is 0. The van der Waals surface area contributed by atoms with Gasteiger partial charge in [0.05, 0.1) is 12.0 Å². The van der Waals surface area contributed by atoms with Gasteiger partial charge in [-0.25, -0.2) is 9.97 Å². The number of carbonyl (C=O) groups is 1. The molecule has 0 saturated carbocycles. The van der Waals surface area contributed by atoms with Crippen LogP contribution in [0.25, 0.3) is 0 Å². The van der Waals surface area contributed by atoms with Crippen molar-refractivity contribution < 1.29 is 9.53 Å². The van der Waals surface area contributed by atoms with Crippen LogP contribution in [0.5, 0.6) is 0 Å². The van der Waals surface area contributed by atoms with E-state index in [-0.39, 0.29) is 5.95 Å². The number of anilines is 1. The van der Waals surface area contributed by atoms with Crippen LogP contribution in [0, 0.1) is 5.92 Å². The second-order valence-corrected chi connectivity index (χ2v) is 4.73. The predicted molar refractivity (Wildman–Crippen MR) is 76.6 cm³/mol. The fraction of sp³-hybridized carbons (Fsp3) is 0.133. The summed E-state index contributed by atoms with van der Waals surface area (Å²) in [7, 11) is 0. The molecule has 1 aromatic heterocycles. The molecule has 0 radical (unpaired) electrons. The van der Waals surface area contributed by atoms with Gasteiger partial charge in [0.1, 0.15) is 5.92 Å². The average molecular weight is 282 g/mol. The molecule has 3 rings (SSSR count). The minimum absolute atomic E-state index is 0.113. The first kappa shape index (κ1) is 13.1. The van der Waals surface area contributed by atoms with Crippen molar-refractivity contribution in [3.63, 3.8) is 0 Å². The summed E-state index contributed by atoms with van der Waals surface area (Å²) in [5, 5.41) is 0. The number of aromatic nitrogens is 2. The molecule has 1 aliphatic heterocycles. The van der Waals surface area contributed by atoms with Crippen LogP contribution in [0.2, 0.25) is 0 Å². The maximum absolute atomic E-state index is 11.9. The van der Waals surface area contributed by atoms with Gasteiger partial charge in [-0.3, -0.25) is 4.79 Å². The van der Waals surface area contributed by atoms with Crippen LogP contribution in [0.4, 0.5) is 5.95 Å². The van der Waals surface area contributed by atoms with E-state index in [1.54, 1.807) is 12.1 Å². The molecule has 2 aromatic rings. The lowest BCUT2D eigenvalue weighted by Crippen LogP contribution is -2.42. The molecule has 1 aromatic carbocycles. The van der Waals surface area contributed by atoms with Crippen molar-refractivity contribution in [3.05, 3.63) is 66.2 Å². The molecule has 6 heteroatoms. The molecule has 21 heavy (non-hydrogen) atoms. The van der Waals surface area contributed by atoms with Crippen LogP contribution in [0.3, 0.4) is 0 Å². The highest BCUT2D eigenvalue weighted by molar-refractivity contribution is 5.81. The number of benzene rings is 1. The molecule has 0 bridgehead atoms. The highest BCUT2D eigenvalue weighted by Gasteiger charge is 2.50. The number of nitrogens with two attached hydrogens (primary N) is 2. The average Bonchev–Trinajstić information content (AvgIpc) is 2.94. The summed E-state index contributed by atoms with van der Waals surface area (Å²) in [6.45, 7) is 0. The Morgan fingerprint density at radius 2 is 2.00 bits per heavy atom. The summed E-state index contributed by atoms with van der Waals surface area (Å²) < 4.78 is 5.81. The summed E-state index contributed by atoms with van der Waals surface area (Å²) in [5.41, 5.74) is 11.4. The standard InChI is InChI=1S/C15H14N4O2/c16-13(20)11-7-9-21-15(11,10-4-2-1-3-5-10)12-6-8-18-14(17)19-12/h1-9,11H,(H2,16,20)(H2,17,18,19). The molecule has 6 nitrogen and oxygen atoms in total. The van der Waals surface area contributed by atoms with Crippen molar-refractivity contribution in [1.29, 1.82) is 0 Å². The fourth-order valence-corrected chi connectivity index (χ4v) is 2.61. The number of carbonyl (C=O) groups excluding carboxylic acids is 1. The minimum atomic E-state index is -1.11. The van der Waals surface area contributed by atoms with Gasteiger partial charge in [-0.15, -0.1) is 0 Å². The predicted octanol–water partition coefficient (Wildman–Crippen LogP) is 0.948. The van der Waals surface area contributed by atoms with E-state index in [1.165, 1.54) is 12.5 Å². The SMILES string of the molecule is NC(=O)C1C=COC1(c1ccccc1)c1ccnc(N)n1. The Labute approximate surface area is 121 Å². The van der Waals surface area contributed by atoms with Gasteiger partial charge >= 0.3 is 0 Å². The molecule has 0 saturated heterocycles. The Bertz CT molecular complexity index is 702. The van der Waals surface area contributed by atoms with E-state index < -0.39 is 17.4 Å². The number of nitrogen functional groups attached to an aromatic ring is 1. The summed E-state index contributed by atoms with van der Waals surface area (Å²) in [4.78, 5) is 20.0. The molecular weight excluding hydrogens is 268 g/mol. The van der Waals surface area contributed by atoms with Gasteiger partial charge in [-0.1, -0.05) is 30.3 Å². The zero-order chi connectivity index (χ0) is 14.9. The smallest absolute Gasteiger partial charge is 0.229 e. The van der Waals surface area contributed by atoms with E-state index in [0.717, 1.165) is 5.56 Å². The molecule has 4 N–H and O–H groups in total. The largest absolute Gasteiger partial charge is 0.483 e. The lowest BCUT2D eigenvalue weighted by molar-refractivity contribution is -0.125. The zero-order valence-electron chi connectivity index (χ0n) is 11.1. The van der Waals surface area contributed by atoms with Gasteiger partial charge in [-0.05, 0) is 12.1 Å². The second-order valence-electron chi connectivity index (χ2n) is 4.73. The number of hydrogen-bond acceptors (Lipinski definition) is 5. The lowest BCUT2D eigenvalue weighted by atomic mass is 9.79. The molecule has 2 atom stereocenters. The molecular formula is C15H14N4O2. The fourth-order valence-electron chi connectivity index (χ4n) is 2.61. The molecule has 2 unspecified atom stereocenters. The maximum atomic E-state index is 11.9. The van der Waals surface area contributed by atoms with E-state index in [4.69, 9.17) is 16.2 Å². The summed E-state index contributed by atoms with van der Waals surface area (Å²) in [6, 6.07) is 11.0. The van der Waals surface area contributed by atoms with E-state index >= 15 is 0 Å². The summed E-state index contributed by atoms with van der Waals surface area (Å²) in [5.74, 6) is -1.06. The first-order valence-corrected chi connectivity index (χ1v) is 6.43. The number of nitrogens with zero attached hydrogens (tertiary/aromatic N) is 2. The summed E-state index contributed by atoms with van der Waals surface area (Å²) in [6.07, 6.45) is 4.64. The monoisotopic (exact) mass is 282 g/mol. The van der Waals surface area contributed by atoms with Gasteiger partial charge < -0.3 is 16.2 Å². The first-order chi connectivity index (χ1) is 10.1. The Morgan fingerprint density at radius 1 is 1.24 bits per heavy atom. The molecule has 0 spiro atoms. The first-order valence-electron chi connectivity index (χ1n) is 6.43. The quantitative estimate of drug-likeness (QED) is 0.872. The van der Waals surface area contributed by atoms with Crippen molar-refractivity contribution >= 4 is 11.9 Å². The van der Waals surface area contributed by atoms with Gasteiger partial charge in [0.15, 0.2) is 5.60 Å². The topological polar surface area (TPSA) is 104 Å². The lowest BCUT2D eigenvalue weighted by Gasteiger charge is -2.33. The number of primary amides is 1. The van der Waals surface area contributed by atoms with Gasteiger partial charge in [-0.2, -0.15) is 0 Å². The van der Waals surface area contributed by atoms with Gasteiger partial charge in [0.25, 0.3) is 0 Å². The third-order valence-electron chi connectivity index (χ3n) is 3.53. The van der Waals surface area contributed by atoms with Gasteiger partial charge in [0.2, 0.25) is 11.9 Å². The highest BCUT2D eigenvalue weighted by Crippen LogP contribution is 2.44. The maximum Gasteiger partial charge on any atom is 0.229 e. The van der Waals surface area contributed by atoms with Crippen LogP contribution in [-0.2, 0) is 15.1 Å². The van der Waals surface area contributed by atoms with Crippen molar-refractivity contribution in [2.75, 3.05) is 5.73 Å². The van der Waals surface area contributed by atoms with Crippen LogP contribution in [-0.4, -0.2) is 15.9 Å². The highest BCUT2D eigenvalue weighted by atomic mass is 16.5.